The van der Waals surface area contributed by atoms with Gasteiger partial charge in [0.2, 0.25) is 0 Å². The van der Waals surface area contributed by atoms with E-state index in [4.69, 9.17) is 4.74 Å². The second kappa shape index (κ2) is 4.84. The Labute approximate surface area is 103 Å². The fourth-order valence-corrected chi connectivity index (χ4v) is 2.89. The molecule has 3 atom stereocenters. The van der Waals surface area contributed by atoms with Crippen molar-refractivity contribution in [2.45, 2.75) is 64.1 Å². The topological polar surface area (TPSA) is 50.4 Å². The maximum atomic E-state index is 11.7. The summed E-state index contributed by atoms with van der Waals surface area (Å²) in [6, 6.07) is 0.875. The highest BCUT2D eigenvalue weighted by Gasteiger charge is 2.34. The first-order chi connectivity index (χ1) is 7.94. The third kappa shape index (κ3) is 3.60. The third-order valence-electron chi connectivity index (χ3n) is 3.64. The van der Waals surface area contributed by atoms with Gasteiger partial charge in [-0.15, -0.1) is 0 Å². The molecular weight excluding hydrogens is 216 g/mol. The van der Waals surface area contributed by atoms with Crippen molar-refractivity contribution in [3.8, 4) is 0 Å². The molecule has 98 valence electrons. The number of rotatable bonds is 1. The molecule has 2 N–H and O–H groups in total. The van der Waals surface area contributed by atoms with E-state index in [9.17, 15) is 4.79 Å². The summed E-state index contributed by atoms with van der Waals surface area (Å²) in [6.45, 7) is 6.81. The summed E-state index contributed by atoms with van der Waals surface area (Å²) in [5.74, 6) is 0.826. The number of ether oxygens (including phenoxy) is 1. The standard InChI is InChI=1S/C13H24N2O2/c1-13(2,3)17-12(16)15-10-5-4-9-6-7-14-11(9)8-10/h9-11,14H,4-8H2,1-3H3,(H,15,16). The molecule has 2 rings (SSSR count). The number of hydrogen-bond donors (Lipinski definition) is 2. The van der Waals surface area contributed by atoms with E-state index in [1.165, 1.54) is 12.8 Å². The van der Waals surface area contributed by atoms with E-state index in [1.807, 2.05) is 20.8 Å². The van der Waals surface area contributed by atoms with Crippen molar-refractivity contribution < 1.29 is 9.53 Å². The van der Waals surface area contributed by atoms with Gasteiger partial charge in [-0.3, -0.25) is 0 Å². The minimum atomic E-state index is -0.410. The van der Waals surface area contributed by atoms with E-state index in [0.29, 0.717) is 6.04 Å². The van der Waals surface area contributed by atoms with Crippen LogP contribution in [0, 0.1) is 5.92 Å². The Balaban J connectivity index is 1.78. The van der Waals surface area contributed by atoms with Gasteiger partial charge in [-0.25, -0.2) is 4.79 Å². The zero-order valence-electron chi connectivity index (χ0n) is 11.1. The van der Waals surface area contributed by atoms with E-state index in [0.717, 1.165) is 25.3 Å². The Bertz CT molecular complexity index is 286. The first-order valence-corrected chi connectivity index (χ1v) is 6.67. The number of alkyl carbamates (subject to hydrolysis) is 1. The van der Waals surface area contributed by atoms with Crippen molar-refractivity contribution in [1.29, 1.82) is 0 Å². The lowest BCUT2D eigenvalue weighted by Gasteiger charge is -2.32. The van der Waals surface area contributed by atoms with E-state index in [1.54, 1.807) is 0 Å². The van der Waals surface area contributed by atoms with Gasteiger partial charge in [0.25, 0.3) is 0 Å². The molecule has 0 bridgehead atoms. The second-order valence-corrected chi connectivity index (χ2v) is 6.27. The molecule has 4 nitrogen and oxygen atoms in total. The summed E-state index contributed by atoms with van der Waals surface area (Å²) in [4.78, 5) is 11.7. The summed E-state index contributed by atoms with van der Waals surface area (Å²) in [5, 5.41) is 6.50. The predicted molar refractivity (Wildman–Crippen MR) is 66.9 cm³/mol. The average Bonchev–Trinajstić information content (AvgIpc) is 2.61. The molecule has 0 aromatic rings. The van der Waals surface area contributed by atoms with Crippen molar-refractivity contribution in [2.75, 3.05) is 6.54 Å². The van der Waals surface area contributed by atoms with Crippen LogP contribution in [0.3, 0.4) is 0 Å². The van der Waals surface area contributed by atoms with Gasteiger partial charge in [-0.05, 0) is 58.9 Å². The van der Waals surface area contributed by atoms with Crippen LogP contribution < -0.4 is 10.6 Å². The highest BCUT2D eigenvalue weighted by atomic mass is 16.6. The van der Waals surface area contributed by atoms with Crippen LogP contribution in [0.15, 0.2) is 0 Å². The monoisotopic (exact) mass is 240 g/mol. The molecule has 1 saturated carbocycles. The molecule has 0 spiro atoms. The second-order valence-electron chi connectivity index (χ2n) is 6.27. The Morgan fingerprint density at radius 3 is 2.76 bits per heavy atom. The number of carbonyl (C=O) groups is 1. The van der Waals surface area contributed by atoms with Crippen molar-refractivity contribution in [3.63, 3.8) is 0 Å². The molecule has 1 aliphatic carbocycles. The number of amides is 1. The Kier molecular flexibility index (Phi) is 3.61. The lowest BCUT2D eigenvalue weighted by atomic mass is 9.82. The minimum Gasteiger partial charge on any atom is -0.444 e. The first-order valence-electron chi connectivity index (χ1n) is 6.67. The normalized spacial score (nSPS) is 33.0. The minimum absolute atomic E-state index is 0.275. The van der Waals surface area contributed by atoms with E-state index in [2.05, 4.69) is 10.6 Å². The largest absolute Gasteiger partial charge is 0.444 e. The van der Waals surface area contributed by atoms with Gasteiger partial charge in [0.1, 0.15) is 5.60 Å². The van der Waals surface area contributed by atoms with Crippen LogP contribution in [-0.2, 0) is 4.74 Å². The first kappa shape index (κ1) is 12.7. The van der Waals surface area contributed by atoms with E-state index in [-0.39, 0.29) is 12.1 Å². The summed E-state index contributed by atoms with van der Waals surface area (Å²) in [5.41, 5.74) is -0.410. The maximum absolute atomic E-state index is 11.7. The summed E-state index contributed by atoms with van der Waals surface area (Å²) >= 11 is 0. The average molecular weight is 240 g/mol. The van der Waals surface area contributed by atoms with Crippen LogP contribution in [0.2, 0.25) is 0 Å². The molecule has 0 radical (unpaired) electrons. The van der Waals surface area contributed by atoms with Crippen LogP contribution in [0.4, 0.5) is 4.79 Å². The van der Waals surface area contributed by atoms with Crippen molar-refractivity contribution in [3.05, 3.63) is 0 Å². The zero-order chi connectivity index (χ0) is 12.5. The highest BCUT2D eigenvalue weighted by molar-refractivity contribution is 5.68. The Morgan fingerprint density at radius 1 is 1.29 bits per heavy atom. The van der Waals surface area contributed by atoms with Crippen LogP contribution in [-0.4, -0.2) is 30.3 Å². The van der Waals surface area contributed by atoms with Gasteiger partial charge in [0, 0.05) is 12.1 Å². The molecule has 2 fully saturated rings. The van der Waals surface area contributed by atoms with Gasteiger partial charge < -0.3 is 15.4 Å². The van der Waals surface area contributed by atoms with Crippen molar-refractivity contribution >= 4 is 6.09 Å². The molecule has 4 heteroatoms. The Morgan fingerprint density at radius 2 is 2.06 bits per heavy atom. The van der Waals surface area contributed by atoms with Crippen LogP contribution >= 0.6 is 0 Å². The summed E-state index contributed by atoms with van der Waals surface area (Å²) in [6.07, 6.45) is 4.37. The maximum Gasteiger partial charge on any atom is 0.407 e. The number of nitrogens with one attached hydrogen (secondary N) is 2. The third-order valence-corrected chi connectivity index (χ3v) is 3.64. The number of hydrogen-bond acceptors (Lipinski definition) is 3. The molecular formula is C13H24N2O2. The van der Waals surface area contributed by atoms with E-state index >= 15 is 0 Å². The lowest BCUT2D eigenvalue weighted by Crippen LogP contribution is -2.46. The molecule has 17 heavy (non-hydrogen) atoms. The fraction of sp³-hybridized carbons (Fsp3) is 0.923. The molecule has 1 aliphatic heterocycles. The molecule has 0 aromatic heterocycles. The van der Waals surface area contributed by atoms with Gasteiger partial charge in [-0.2, -0.15) is 0 Å². The molecule has 0 aromatic carbocycles. The summed E-state index contributed by atoms with van der Waals surface area (Å²) in [7, 11) is 0. The smallest absolute Gasteiger partial charge is 0.407 e. The summed E-state index contributed by atoms with van der Waals surface area (Å²) < 4.78 is 5.28. The van der Waals surface area contributed by atoms with Crippen LogP contribution in [0.5, 0.6) is 0 Å². The number of carbonyl (C=O) groups excluding carboxylic acids is 1. The van der Waals surface area contributed by atoms with Crippen LogP contribution in [0.1, 0.15) is 46.5 Å². The van der Waals surface area contributed by atoms with Crippen molar-refractivity contribution in [2.24, 2.45) is 5.92 Å². The van der Waals surface area contributed by atoms with Crippen molar-refractivity contribution in [1.82, 2.24) is 10.6 Å². The zero-order valence-corrected chi connectivity index (χ0v) is 11.1. The van der Waals surface area contributed by atoms with Gasteiger partial charge in [-0.1, -0.05) is 0 Å². The fourth-order valence-electron chi connectivity index (χ4n) is 2.89. The SMILES string of the molecule is CC(C)(C)OC(=O)NC1CCC2CCNC2C1. The van der Waals surface area contributed by atoms with Gasteiger partial charge >= 0.3 is 6.09 Å². The quantitative estimate of drug-likeness (QED) is 0.737. The molecule has 1 heterocycles. The molecule has 3 unspecified atom stereocenters. The molecule has 1 saturated heterocycles. The van der Waals surface area contributed by atoms with Gasteiger partial charge in [0.05, 0.1) is 0 Å². The van der Waals surface area contributed by atoms with Gasteiger partial charge in [0.15, 0.2) is 0 Å². The molecule has 1 amide bonds. The highest BCUT2D eigenvalue weighted by Crippen LogP contribution is 2.30. The lowest BCUT2D eigenvalue weighted by molar-refractivity contribution is 0.0484. The molecule has 2 aliphatic rings. The van der Waals surface area contributed by atoms with E-state index < -0.39 is 5.60 Å². The van der Waals surface area contributed by atoms with Crippen LogP contribution in [0.25, 0.3) is 0 Å². The number of fused-ring (bicyclic) bond motifs is 1. The Hall–Kier alpha value is -0.770. The predicted octanol–water partition coefficient (Wildman–Crippen LogP) is 2.04.